The molecule has 1 aromatic heterocycles. The Balaban J connectivity index is 3.05. The summed E-state index contributed by atoms with van der Waals surface area (Å²) in [5.74, 6) is -8.30. The molecule has 8 heteroatoms. The van der Waals surface area contributed by atoms with Crippen LogP contribution in [-0.4, -0.2) is 21.2 Å². The van der Waals surface area contributed by atoms with Crippen molar-refractivity contribution in [3.05, 3.63) is 12.0 Å². The van der Waals surface area contributed by atoms with E-state index in [1.54, 1.807) is 0 Å². The van der Waals surface area contributed by atoms with Crippen LogP contribution in [0.25, 0.3) is 0 Å². The Morgan fingerprint density at radius 2 is 2.17 bits per heavy atom. The number of aromatic nitrogens is 2. The van der Waals surface area contributed by atoms with Gasteiger partial charge in [-0.2, -0.15) is 13.8 Å². The molecule has 0 saturated heterocycles. The average Bonchev–Trinajstić information content (AvgIpc) is 2.35. The van der Waals surface area contributed by atoms with Crippen molar-refractivity contribution in [1.82, 2.24) is 10.1 Å². The minimum absolute atomic E-state index is 1.51. The van der Waals surface area contributed by atoms with Crippen LogP contribution in [0.15, 0.2) is 4.52 Å². The number of nitrogens with zero attached hydrogens (tertiary/aromatic N) is 2. The highest BCUT2D eigenvalue weighted by molar-refractivity contribution is 5.75. The number of aliphatic carboxylic acids is 1. The molecule has 1 rings (SSSR count). The smallest absolute Gasteiger partial charge is 0.405 e. The number of hydrogen-bond donors (Lipinski definition) is 1. The first kappa shape index (κ1) is 8.50. The average molecular weight is 182 g/mol. The standard InChI is InChI=1S/C4HF3N2O3/c5-3-8-1(9-12-3)4(6,7)2(10)11/h(H,10,11). The summed E-state index contributed by atoms with van der Waals surface area (Å²) < 4.78 is 40.1. The zero-order chi connectivity index (χ0) is 9.35. The predicted molar refractivity (Wildman–Crippen MR) is 25.8 cm³/mol. The zero-order valence-corrected chi connectivity index (χ0v) is 5.29. The molecule has 5 nitrogen and oxygen atoms in total. The van der Waals surface area contributed by atoms with E-state index in [1.165, 1.54) is 0 Å². The number of carboxylic acids is 1. The van der Waals surface area contributed by atoms with Gasteiger partial charge in [0.15, 0.2) is 0 Å². The summed E-state index contributed by atoms with van der Waals surface area (Å²) >= 11 is 0. The van der Waals surface area contributed by atoms with Crippen LogP contribution >= 0.6 is 0 Å². The number of carboxylic acid groups (broad SMARTS) is 1. The van der Waals surface area contributed by atoms with Crippen LogP contribution in [0.3, 0.4) is 0 Å². The van der Waals surface area contributed by atoms with Gasteiger partial charge < -0.3 is 9.63 Å². The normalized spacial score (nSPS) is 11.6. The fourth-order valence-electron chi connectivity index (χ4n) is 0.428. The fraction of sp³-hybridized carbons (Fsp3) is 0.250. The second-order valence-electron chi connectivity index (χ2n) is 1.75. The SMILES string of the molecule is O=C(O)C(F)(F)c1noc(F)n1. The molecule has 0 unspecified atom stereocenters. The van der Waals surface area contributed by atoms with E-state index in [2.05, 4.69) is 14.7 Å². The summed E-state index contributed by atoms with van der Waals surface area (Å²) in [4.78, 5) is 12.3. The number of halogens is 3. The maximum atomic E-state index is 12.3. The quantitative estimate of drug-likeness (QED) is 0.715. The Morgan fingerprint density at radius 1 is 1.58 bits per heavy atom. The van der Waals surface area contributed by atoms with Gasteiger partial charge >= 0.3 is 18.0 Å². The summed E-state index contributed by atoms with van der Waals surface area (Å²) in [6, 6.07) is 0. The topological polar surface area (TPSA) is 76.2 Å². The van der Waals surface area contributed by atoms with E-state index in [4.69, 9.17) is 5.11 Å². The summed E-state index contributed by atoms with van der Waals surface area (Å²) in [6.07, 6.45) is -1.61. The molecule has 0 aliphatic rings. The summed E-state index contributed by atoms with van der Waals surface area (Å²) in [7, 11) is 0. The third kappa shape index (κ3) is 1.22. The first-order valence-corrected chi connectivity index (χ1v) is 2.55. The van der Waals surface area contributed by atoms with Gasteiger partial charge in [0.25, 0.3) is 5.82 Å². The highest BCUT2D eigenvalue weighted by atomic mass is 19.3. The fourth-order valence-corrected chi connectivity index (χ4v) is 0.428. The van der Waals surface area contributed by atoms with Crippen LogP contribution in [-0.2, 0) is 10.7 Å². The minimum atomic E-state index is -4.33. The van der Waals surface area contributed by atoms with Crippen molar-refractivity contribution in [3.63, 3.8) is 0 Å². The van der Waals surface area contributed by atoms with Crippen molar-refractivity contribution in [1.29, 1.82) is 0 Å². The molecule has 0 aliphatic heterocycles. The molecule has 12 heavy (non-hydrogen) atoms. The predicted octanol–water partition coefficient (Wildman–Crippen LogP) is 0.385. The number of alkyl halides is 2. The van der Waals surface area contributed by atoms with Crippen molar-refractivity contribution in [2.45, 2.75) is 5.92 Å². The van der Waals surface area contributed by atoms with E-state index in [0.717, 1.165) is 0 Å². The minimum Gasteiger partial charge on any atom is -0.476 e. The van der Waals surface area contributed by atoms with Gasteiger partial charge in [-0.05, 0) is 0 Å². The van der Waals surface area contributed by atoms with Crippen molar-refractivity contribution >= 4 is 5.97 Å². The van der Waals surface area contributed by atoms with Gasteiger partial charge in [0.05, 0.1) is 0 Å². The number of hydrogen-bond acceptors (Lipinski definition) is 4. The van der Waals surface area contributed by atoms with E-state index in [1.807, 2.05) is 0 Å². The third-order valence-electron chi connectivity index (χ3n) is 0.951. The first-order chi connectivity index (χ1) is 5.44. The zero-order valence-electron chi connectivity index (χ0n) is 5.29. The van der Waals surface area contributed by atoms with E-state index in [0.29, 0.717) is 0 Å². The third-order valence-corrected chi connectivity index (χ3v) is 0.951. The number of rotatable bonds is 2. The second kappa shape index (κ2) is 2.47. The lowest BCUT2D eigenvalue weighted by atomic mass is 10.3. The summed E-state index contributed by atoms with van der Waals surface area (Å²) in [5.41, 5.74) is 0. The van der Waals surface area contributed by atoms with Crippen LogP contribution in [0, 0.1) is 6.14 Å². The summed E-state index contributed by atoms with van der Waals surface area (Å²) in [6.45, 7) is 0. The molecule has 1 aromatic rings. The molecule has 1 N–H and O–H groups in total. The lowest BCUT2D eigenvalue weighted by molar-refractivity contribution is -0.167. The maximum Gasteiger partial charge on any atom is 0.405 e. The van der Waals surface area contributed by atoms with E-state index in [9.17, 15) is 18.0 Å². The molecule has 0 bridgehead atoms. The monoisotopic (exact) mass is 182 g/mol. The Kier molecular flexibility index (Phi) is 1.75. The van der Waals surface area contributed by atoms with Gasteiger partial charge in [-0.25, -0.2) is 4.79 Å². The molecular formula is C4HF3N2O3. The molecule has 0 aromatic carbocycles. The van der Waals surface area contributed by atoms with Gasteiger partial charge in [-0.3, -0.25) is 0 Å². The molecule has 1 heterocycles. The van der Waals surface area contributed by atoms with Gasteiger partial charge in [0.2, 0.25) is 0 Å². The van der Waals surface area contributed by atoms with Gasteiger partial charge in [0, 0.05) is 0 Å². The first-order valence-electron chi connectivity index (χ1n) is 2.55. The van der Waals surface area contributed by atoms with Crippen LogP contribution < -0.4 is 0 Å². The van der Waals surface area contributed by atoms with E-state index >= 15 is 0 Å². The lowest BCUT2D eigenvalue weighted by Crippen LogP contribution is -2.26. The van der Waals surface area contributed by atoms with Crippen LogP contribution in [0.1, 0.15) is 5.82 Å². The molecule has 0 amide bonds. The van der Waals surface area contributed by atoms with Crippen LogP contribution in [0.4, 0.5) is 13.2 Å². The Morgan fingerprint density at radius 3 is 2.50 bits per heavy atom. The lowest BCUT2D eigenvalue weighted by Gasteiger charge is -2.03. The van der Waals surface area contributed by atoms with E-state index in [-0.39, 0.29) is 0 Å². The number of carbonyl (C=O) groups is 1. The second-order valence-corrected chi connectivity index (χ2v) is 1.75. The van der Waals surface area contributed by atoms with Crippen LogP contribution in [0.5, 0.6) is 0 Å². The molecule has 0 atom stereocenters. The highest BCUT2D eigenvalue weighted by Gasteiger charge is 2.46. The molecule has 0 aliphatic carbocycles. The van der Waals surface area contributed by atoms with Crippen molar-refractivity contribution < 1.29 is 27.6 Å². The molecule has 0 radical (unpaired) electrons. The van der Waals surface area contributed by atoms with Crippen molar-refractivity contribution in [2.75, 3.05) is 0 Å². The Hall–Kier alpha value is -1.60. The van der Waals surface area contributed by atoms with Crippen LogP contribution in [0.2, 0.25) is 0 Å². The molecule has 66 valence electrons. The van der Waals surface area contributed by atoms with Gasteiger partial charge in [-0.15, -0.1) is 4.39 Å². The Labute approximate surface area is 62.8 Å². The maximum absolute atomic E-state index is 12.3. The van der Waals surface area contributed by atoms with Gasteiger partial charge in [-0.1, -0.05) is 5.16 Å². The van der Waals surface area contributed by atoms with Gasteiger partial charge in [0.1, 0.15) is 0 Å². The van der Waals surface area contributed by atoms with Crippen molar-refractivity contribution in [2.24, 2.45) is 0 Å². The highest BCUT2D eigenvalue weighted by Crippen LogP contribution is 2.24. The molecule has 0 fully saturated rings. The molecular weight excluding hydrogens is 181 g/mol. The van der Waals surface area contributed by atoms with Crippen molar-refractivity contribution in [3.8, 4) is 0 Å². The largest absolute Gasteiger partial charge is 0.476 e. The molecule has 0 spiro atoms. The Bertz CT molecular complexity index is 310. The van der Waals surface area contributed by atoms with E-state index < -0.39 is 23.9 Å². The summed E-state index contributed by atoms with van der Waals surface area (Å²) in [5, 5.41) is 10.3. The molecule has 0 saturated carbocycles.